The molecule has 1 aromatic carbocycles. The molecule has 0 radical (unpaired) electrons. The summed E-state index contributed by atoms with van der Waals surface area (Å²) in [7, 11) is 1.67. The van der Waals surface area contributed by atoms with Crippen LogP contribution in [0.3, 0.4) is 0 Å². The lowest BCUT2D eigenvalue weighted by molar-refractivity contribution is -0.171. The molecule has 1 heterocycles. The van der Waals surface area contributed by atoms with Gasteiger partial charge < -0.3 is 14.2 Å². The quantitative estimate of drug-likeness (QED) is 0.741. The number of allylic oxidation sites excluding steroid dienone is 2. The van der Waals surface area contributed by atoms with Crippen LogP contribution in [-0.2, 0) is 9.47 Å². The van der Waals surface area contributed by atoms with Crippen LogP contribution < -0.4 is 4.74 Å². The third-order valence-electron chi connectivity index (χ3n) is 4.05. The Hall–Kier alpha value is -1.76. The first-order chi connectivity index (χ1) is 10.3. The molecular weight excluding hydrogens is 264 g/mol. The molecule has 2 aliphatic rings. The molecule has 3 heteroatoms. The maximum absolute atomic E-state index is 5.73. The fourth-order valence-electron chi connectivity index (χ4n) is 2.78. The van der Waals surface area contributed by atoms with E-state index in [0.29, 0.717) is 0 Å². The smallest absolute Gasteiger partial charge is 0.169 e. The minimum atomic E-state index is -0.291. The van der Waals surface area contributed by atoms with Crippen LogP contribution in [0.4, 0.5) is 0 Å². The summed E-state index contributed by atoms with van der Waals surface area (Å²) >= 11 is 0. The summed E-state index contributed by atoms with van der Waals surface area (Å²) < 4.78 is 16.6. The fourth-order valence-corrected chi connectivity index (χ4v) is 2.78. The van der Waals surface area contributed by atoms with Gasteiger partial charge in [0.2, 0.25) is 0 Å². The van der Waals surface area contributed by atoms with Crippen LogP contribution in [0.5, 0.6) is 5.75 Å². The molecule has 110 valence electrons. The van der Waals surface area contributed by atoms with Gasteiger partial charge in [-0.05, 0) is 43.2 Å². The second kappa shape index (κ2) is 6.34. The van der Waals surface area contributed by atoms with Crippen molar-refractivity contribution in [2.75, 3.05) is 20.3 Å². The largest absolute Gasteiger partial charge is 0.497 e. The molecule has 0 amide bonds. The van der Waals surface area contributed by atoms with Crippen molar-refractivity contribution in [2.24, 2.45) is 0 Å². The first-order valence-electron chi connectivity index (χ1n) is 7.41. The maximum atomic E-state index is 5.73. The Morgan fingerprint density at radius 3 is 2.38 bits per heavy atom. The van der Waals surface area contributed by atoms with Crippen molar-refractivity contribution in [3.63, 3.8) is 0 Å². The van der Waals surface area contributed by atoms with Crippen molar-refractivity contribution < 1.29 is 14.2 Å². The third-order valence-corrected chi connectivity index (χ3v) is 4.05. The molecule has 1 spiro atoms. The predicted octanol–water partition coefficient (Wildman–Crippen LogP) is 3.29. The minimum absolute atomic E-state index is 0.291. The first kappa shape index (κ1) is 14.2. The van der Waals surface area contributed by atoms with E-state index in [4.69, 9.17) is 14.2 Å². The number of benzene rings is 1. The molecule has 2 fully saturated rings. The molecule has 1 saturated carbocycles. The molecule has 0 bridgehead atoms. The number of methoxy groups -OCH3 is 1. The Labute approximate surface area is 125 Å². The molecule has 1 aliphatic heterocycles. The van der Waals surface area contributed by atoms with Crippen molar-refractivity contribution >= 4 is 0 Å². The van der Waals surface area contributed by atoms with E-state index in [0.717, 1.165) is 50.2 Å². The zero-order valence-electron chi connectivity index (χ0n) is 12.4. The molecule has 1 saturated heterocycles. The summed E-state index contributed by atoms with van der Waals surface area (Å²) in [6.45, 7) is 1.46. The van der Waals surface area contributed by atoms with E-state index >= 15 is 0 Å². The highest BCUT2D eigenvalue weighted by atomic mass is 16.7. The van der Waals surface area contributed by atoms with E-state index in [1.807, 2.05) is 30.3 Å². The predicted molar refractivity (Wildman–Crippen MR) is 81.1 cm³/mol. The van der Waals surface area contributed by atoms with Gasteiger partial charge in [0, 0.05) is 18.4 Å². The monoisotopic (exact) mass is 284 g/mol. The average molecular weight is 284 g/mol. The second-order valence-corrected chi connectivity index (χ2v) is 5.41. The van der Waals surface area contributed by atoms with E-state index in [-0.39, 0.29) is 5.79 Å². The molecule has 1 aliphatic carbocycles. The summed E-state index contributed by atoms with van der Waals surface area (Å²) in [5.74, 6) is 6.88. The van der Waals surface area contributed by atoms with Crippen molar-refractivity contribution in [1.82, 2.24) is 0 Å². The van der Waals surface area contributed by atoms with Crippen molar-refractivity contribution in [3.05, 3.63) is 41.5 Å². The summed E-state index contributed by atoms with van der Waals surface area (Å²) in [6, 6.07) is 7.80. The van der Waals surface area contributed by atoms with Crippen LogP contribution in [0.25, 0.3) is 0 Å². The first-order valence-corrected chi connectivity index (χ1v) is 7.41. The van der Waals surface area contributed by atoms with Gasteiger partial charge >= 0.3 is 0 Å². The molecule has 1 aromatic rings. The van der Waals surface area contributed by atoms with Crippen LogP contribution in [0, 0.1) is 11.8 Å². The second-order valence-electron chi connectivity index (χ2n) is 5.41. The molecule has 0 atom stereocenters. The zero-order chi connectivity index (χ0) is 14.5. The lowest BCUT2D eigenvalue weighted by Crippen LogP contribution is -2.33. The Morgan fingerprint density at radius 1 is 1.10 bits per heavy atom. The standard InChI is InChI=1S/C18H20O3/c1-19-17-7-5-15(6-8-17)3-2-4-16-9-11-18(12-10-16)20-13-14-21-18/h4-8H,9-14H2,1H3. The Kier molecular flexibility index (Phi) is 4.28. The summed E-state index contributed by atoms with van der Waals surface area (Å²) in [5.41, 5.74) is 2.39. The number of hydrogen-bond acceptors (Lipinski definition) is 3. The molecule has 21 heavy (non-hydrogen) atoms. The van der Waals surface area contributed by atoms with Crippen LogP contribution in [0.15, 0.2) is 35.9 Å². The topological polar surface area (TPSA) is 27.7 Å². The van der Waals surface area contributed by atoms with Gasteiger partial charge in [-0.15, -0.1) is 0 Å². The van der Waals surface area contributed by atoms with Crippen molar-refractivity contribution in [3.8, 4) is 17.6 Å². The third kappa shape index (κ3) is 3.47. The molecular formula is C18H20O3. The minimum Gasteiger partial charge on any atom is -0.497 e. The van der Waals surface area contributed by atoms with Crippen LogP contribution >= 0.6 is 0 Å². The zero-order valence-corrected chi connectivity index (χ0v) is 12.4. The van der Waals surface area contributed by atoms with E-state index in [1.54, 1.807) is 7.11 Å². The van der Waals surface area contributed by atoms with Gasteiger partial charge in [-0.2, -0.15) is 0 Å². The number of hydrogen-bond donors (Lipinski definition) is 0. The number of ether oxygens (including phenoxy) is 3. The van der Waals surface area contributed by atoms with E-state index in [1.165, 1.54) is 5.57 Å². The van der Waals surface area contributed by atoms with Gasteiger partial charge in [-0.3, -0.25) is 0 Å². The molecule has 0 unspecified atom stereocenters. The van der Waals surface area contributed by atoms with Gasteiger partial charge in [0.25, 0.3) is 0 Å². The summed E-state index contributed by atoms with van der Waals surface area (Å²) in [6.07, 6.45) is 5.97. The highest BCUT2D eigenvalue weighted by Gasteiger charge is 2.38. The fraction of sp³-hybridized carbons (Fsp3) is 0.444. The van der Waals surface area contributed by atoms with E-state index in [2.05, 4.69) is 11.8 Å². The van der Waals surface area contributed by atoms with Gasteiger partial charge in [-0.25, -0.2) is 0 Å². The Balaban J connectivity index is 1.58. The lowest BCUT2D eigenvalue weighted by Gasteiger charge is -2.32. The number of rotatable bonds is 1. The van der Waals surface area contributed by atoms with E-state index in [9.17, 15) is 0 Å². The normalized spacial score (nSPS) is 20.0. The Bertz CT molecular complexity index is 557. The molecule has 3 nitrogen and oxygen atoms in total. The van der Waals surface area contributed by atoms with Crippen LogP contribution in [-0.4, -0.2) is 26.1 Å². The molecule has 3 rings (SSSR count). The van der Waals surface area contributed by atoms with Crippen molar-refractivity contribution in [1.29, 1.82) is 0 Å². The Morgan fingerprint density at radius 2 is 1.76 bits per heavy atom. The molecule has 0 aromatic heterocycles. The van der Waals surface area contributed by atoms with Crippen LogP contribution in [0.2, 0.25) is 0 Å². The lowest BCUT2D eigenvalue weighted by atomic mass is 9.89. The summed E-state index contributed by atoms with van der Waals surface area (Å²) in [4.78, 5) is 0. The van der Waals surface area contributed by atoms with Gasteiger partial charge in [0.05, 0.1) is 20.3 Å². The van der Waals surface area contributed by atoms with Gasteiger partial charge in [0.15, 0.2) is 5.79 Å². The maximum Gasteiger partial charge on any atom is 0.169 e. The highest BCUT2D eigenvalue weighted by Crippen LogP contribution is 2.37. The SMILES string of the molecule is COc1ccc(C#CC=C2CCC3(CC2)OCCO3)cc1. The highest BCUT2D eigenvalue weighted by molar-refractivity contribution is 5.40. The molecule has 0 N–H and O–H groups in total. The van der Waals surface area contributed by atoms with Gasteiger partial charge in [0.1, 0.15) is 5.75 Å². The van der Waals surface area contributed by atoms with Gasteiger partial charge in [-0.1, -0.05) is 17.4 Å². The van der Waals surface area contributed by atoms with Crippen molar-refractivity contribution in [2.45, 2.75) is 31.5 Å². The van der Waals surface area contributed by atoms with E-state index < -0.39 is 0 Å². The van der Waals surface area contributed by atoms with Crippen LogP contribution in [0.1, 0.15) is 31.2 Å². The summed E-state index contributed by atoms with van der Waals surface area (Å²) in [5, 5.41) is 0. The average Bonchev–Trinajstić information content (AvgIpc) is 2.98.